The lowest BCUT2D eigenvalue weighted by Crippen LogP contribution is -2.40. The first-order chi connectivity index (χ1) is 7.14. The van der Waals surface area contributed by atoms with Crippen LogP contribution in [0.2, 0.25) is 0 Å². The number of carboxylic acids is 1. The lowest BCUT2D eigenvalue weighted by molar-refractivity contribution is -0.148. The van der Waals surface area contributed by atoms with Crippen molar-refractivity contribution >= 4 is 5.97 Å². The summed E-state index contributed by atoms with van der Waals surface area (Å²) in [4.78, 5) is 11.2. The Hall–Kier alpha value is -1.35. The molecule has 1 rings (SSSR count). The number of aliphatic carboxylic acids is 1. The standard InChI is InChI=1S/C12H17NO2/c1-2-12(9-13,11(14)15)8-10-6-4-3-5-7-10/h3-7H,2,8-9,13H2,1H3,(H,14,15)/t12-/m0/s1. The zero-order chi connectivity index (χ0) is 11.3. The van der Waals surface area contributed by atoms with Crippen LogP contribution in [-0.2, 0) is 11.2 Å². The maximum atomic E-state index is 11.2. The molecule has 3 heteroatoms. The lowest BCUT2D eigenvalue weighted by Gasteiger charge is -2.26. The van der Waals surface area contributed by atoms with E-state index >= 15 is 0 Å². The fourth-order valence-electron chi connectivity index (χ4n) is 1.64. The van der Waals surface area contributed by atoms with E-state index < -0.39 is 11.4 Å². The quantitative estimate of drug-likeness (QED) is 0.772. The number of benzene rings is 1. The molecule has 1 aromatic carbocycles. The van der Waals surface area contributed by atoms with Gasteiger partial charge in [-0.1, -0.05) is 37.3 Å². The second kappa shape index (κ2) is 4.94. The Bertz CT molecular complexity index is 318. The topological polar surface area (TPSA) is 63.3 Å². The van der Waals surface area contributed by atoms with Crippen LogP contribution in [-0.4, -0.2) is 17.6 Å². The van der Waals surface area contributed by atoms with Crippen molar-refractivity contribution < 1.29 is 9.90 Å². The van der Waals surface area contributed by atoms with Crippen molar-refractivity contribution in [3.05, 3.63) is 35.9 Å². The van der Waals surface area contributed by atoms with Crippen LogP contribution in [0.25, 0.3) is 0 Å². The summed E-state index contributed by atoms with van der Waals surface area (Å²) < 4.78 is 0. The van der Waals surface area contributed by atoms with Gasteiger partial charge >= 0.3 is 5.97 Å². The van der Waals surface area contributed by atoms with Gasteiger partial charge in [0.05, 0.1) is 5.41 Å². The third-order valence-electron chi connectivity index (χ3n) is 2.91. The number of hydrogen-bond donors (Lipinski definition) is 2. The Morgan fingerprint density at radius 3 is 2.40 bits per heavy atom. The largest absolute Gasteiger partial charge is 0.481 e. The van der Waals surface area contributed by atoms with Crippen LogP contribution in [0.3, 0.4) is 0 Å². The minimum Gasteiger partial charge on any atom is -0.481 e. The van der Waals surface area contributed by atoms with E-state index in [2.05, 4.69) is 0 Å². The minimum atomic E-state index is -0.818. The molecule has 1 aromatic rings. The fraction of sp³-hybridized carbons (Fsp3) is 0.417. The van der Waals surface area contributed by atoms with E-state index in [9.17, 15) is 9.90 Å². The molecule has 3 N–H and O–H groups in total. The molecule has 0 aliphatic carbocycles. The molecular weight excluding hydrogens is 190 g/mol. The monoisotopic (exact) mass is 207 g/mol. The van der Waals surface area contributed by atoms with Crippen molar-refractivity contribution in [3.63, 3.8) is 0 Å². The fourth-order valence-corrected chi connectivity index (χ4v) is 1.64. The van der Waals surface area contributed by atoms with E-state index in [-0.39, 0.29) is 6.54 Å². The number of carboxylic acid groups (broad SMARTS) is 1. The van der Waals surface area contributed by atoms with Crippen molar-refractivity contribution in [2.45, 2.75) is 19.8 Å². The molecule has 0 amide bonds. The van der Waals surface area contributed by atoms with E-state index in [1.165, 1.54) is 0 Å². The Morgan fingerprint density at radius 2 is 2.00 bits per heavy atom. The smallest absolute Gasteiger partial charge is 0.311 e. The second-order valence-electron chi connectivity index (χ2n) is 3.81. The van der Waals surface area contributed by atoms with Crippen LogP contribution >= 0.6 is 0 Å². The summed E-state index contributed by atoms with van der Waals surface area (Å²) in [5.41, 5.74) is 5.79. The summed E-state index contributed by atoms with van der Waals surface area (Å²) in [5, 5.41) is 9.21. The highest BCUT2D eigenvalue weighted by atomic mass is 16.4. The van der Waals surface area contributed by atoms with Gasteiger partial charge in [0.2, 0.25) is 0 Å². The molecule has 15 heavy (non-hydrogen) atoms. The summed E-state index contributed by atoms with van der Waals surface area (Å²) in [6, 6.07) is 9.61. The predicted octanol–water partition coefficient (Wildman–Crippen LogP) is 1.67. The van der Waals surface area contributed by atoms with Gasteiger partial charge in [0, 0.05) is 6.54 Å². The normalized spacial score (nSPS) is 14.5. The van der Waals surface area contributed by atoms with Crippen molar-refractivity contribution in [3.8, 4) is 0 Å². The zero-order valence-corrected chi connectivity index (χ0v) is 8.94. The number of carbonyl (C=O) groups is 1. The predicted molar refractivity (Wildman–Crippen MR) is 59.6 cm³/mol. The lowest BCUT2D eigenvalue weighted by atomic mass is 9.79. The zero-order valence-electron chi connectivity index (χ0n) is 8.94. The molecule has 82 valence electrons. The highest BCUT2D eigenvalue weighted by molar-refractivity contribution is 5.75. The average Bonchev–Trinajstić information content (AvgIpc) is 2.27. The van der Waals surface area contributed by atoms with E-state index in [0.29, 0.717) is 12.8 Å². The van der Waals surface area contributed by atoms with Gasteiger partial charge in [-0.05, 0) is 18.4 Å². The van der Waals surface area contributed by atoms with Gasteiger partial charge in [0.15, 0.2) is 0 Å². The molecule has 1 atom stereocenters. The molecule has 0 fully saturated rings. The Balaban J connectivity index is 2.89. The molecule has 0 bridgehead atoms. The Morgan fingerprint density at radius 1 is 1.40 bits per heavy atom. The van der Waals surface area contributed by atoms with Crippen LogP contribution in [0, 0.1) is 5.41 Å². The van der Waals surface area contributed by atoms with E-state index in [1.807, 2.05) is 37.3 Å². The summed E-state index contributed by atoms with van der Waals surface area (Å²) in [5.74, 6) is -0.809. The van der Waals surface area contributed by atoms with Gasteiger partial charge in [-0.2, -0.15) is 0 Å². The molecule has 0 radical (unpaired) electrons. The van der Waals surface area contributed by atoms with Gasteiger partial charge in [0.1, 0.15) is 0 Å². The summed E-state index contributed by atoms with van der Waals surface area (Å²) >= 11 is 0. The average molecular weight is 207 g/mol. The van der Waals surface area contributed by atoms with E-state index in [1.54, 1.807) is 0 Å². The van der Waals surface area contributed by atoms with E-state index in [0.717, 1.165) is 5.56 Å². The second-order valence-corrected chi connectivity index (χ2v) is 3.81. The molecule has 0 aromatic heterocycles. The maximum absolute atomic E-state index is 11.2. The third-order valence-corrected chi connectivity index (χ3v) is 2.91. The van der Waals surface area contributed by atoms with Crippen molar-refractivity contribution in [1.82, 2.24) is 0 Å². The first-order valence-corrected chi connectivity index (χ1v) is 5.12. The van der Waals surface area contributed by atoms with Crippen LogP contribution < -0.4 is 5.73 Å². The molecule has 3 nitrogen and oxygen atoms in total. The summed E-state index contributed by atoms with van der Waals surface area (Å²) in [6.07, 6.45) is 1.05. The first-order valence-electron chi connectivity index (χ1n) is 5.12. The van der Waals surface area contributed by atoms with E-state index in [4.69, 9.17) is 5.73 Å². The van der Waals surface area contributed by atoms with Crippen LogP contribution in [0.1, 0.15) is 18.9 Å². The van der Waals surface area contributed by atoms with Gasteiger partial charge < -0.3 is 10.8 Å². The molecular formula is C12H17NO2. The summed E-state index contributed by atoms with van der Waals surface area (Å²) in [6.45, 7) is 2.04. The van der Waals surface area contributed by atoms with Crippen LogP contribution in [0.15, 0.2) is 30.3 Å². The SMILES string of the molecule is CC[C@@](CN)(Cc1ccccc1)C(=O)O. The Kier molecular flexibility index (Phi) is 3.86. The van der Waals surface area contributed by atoms with Crippen molar-refractivity contribution in [2.24, 2.45) is 11.1 Å². The number of hydrogen-bond acceptors (Lipinski definition) is 2. The molecule has 0 unspecified atom stereocenters. The van der Waals surface area contributed by atoms with Crippen LogP contribution in [0.4, 0.5) is 0 Å². The molecule has 0 saturated heterocycles. The Labute approximate surface area is 89.9 Å². The van der Waals surface area contributed by atoms with Gasteiger partial charge in [-0.3, -0.25) is 4.79 Å². The third kappa shape index (κ3) is 2.57. The number of rotatable bonds is 5. The molecule has 0 spiro atoms. The highest BCUT2D eigenvalue weighted by Gasteiger charge is 2.35. The molecule has 0 aliphatic rings. The molecule has 0 saturated carbocycles. The van der Waals surface area contributed by atoms with Crippen LogP contribution in [0.5, 0.6) is 0 Å². The van der Waals surface area contributed by atoms with Gasteiger partial charge in [-0.25, -0.2) is 0 Å². The molecule has 0 heterocycles. The van der Waals surface area contributed by atoms with Crippen molar-refractivity contribution in [2.75, 3.05) is 6.54 Å². The number of nitrogens with two attached hydrogens (primary N) is 1. The highest BCUT2D eigenvalue weighted by Crippen LogP contribution is 2.26. The van der Waals surface area contributed by atoms with Gasteiger partial charge in [-0.15, -0.1) is 0 Å². The maximum Gasteiger partial charge on any atom is 0.311 e. The van der Waals surface area contributed by atoms with Crippen molar-refractivity contribution in [1.29, 1.82) is 0 Å². The molecule has 0 aliphatic heterocycles. The summed E-state index contributed by atoms with van der Waals surface area (Å²) in [7, 11) is 0. The minimum absolute atomic E-state index is 0.174. The van der Waals surface area contributed by atoms with Gasteiger partial charge in [0.25, 0.3) is 0 Å². The first kappa shape index (κ1) is 11.7.